The molecular formula is C12H12ClN3OS. The molecule has 0 aliphatic carbocycles. The molecule has 2 rings (SSSR count). The van der Waals surface area contributed by atoms with Crippen LogP contribution in [-0.4, -0.2) is 16.2 Å². The molecule has 0 aliphatic heterocycles. The van der Waals surface area contributed by atoms with Crippen molar-refractivity contribution < 1.29 is 4.74 Å². The minimum Gasteiger partial charge on any atom is -0.436 e. The number of hydrogen-bond donors (Lipinski definition) is 1. The summed E-state index contributed by atoms with van der Waals surface area (Å²) in [5.74, 6) is 0.986. The number of ether oxygens (including phenoxy) is 1. The van der Waals surface area contributed by atoms with Gasteiger partial charge in [0, 0.05) is 4.90 Å². The number of nitrogens with zero attached hydrogens (tertiary/aromatic N) is 2. The highest BCUT2D eigenvalue weighted by molar-refractivity contribution is 7.98. The van der Waals surface area contributed by atoms with E-state index < -0.39 is 0 Å². The van der Waals surface area contributed by atoms with E-state index in [0.29, 0.717) is 17.1 Å². The van der Waals surface area contributed by atoms with Crippen LogP contribution in [0.25, 0.3) is 0 Å². The van der Waals surface area contributed by atoms with Crippen molar-refractivity contribution in [3.05, 3.63) is 35.2 Å². The highest BCUT2D eigenvalue weighted by atomic mass is 35.5. The molecule has 1 heterocycles. The normalized spacial score (nSPS) is 10.4. The summed E-state index contributed by atoms with van der Waals surface area (Å²) >= 11 is 7.39. The van der Waals surface area contributed by atoms with Crippen molar-refractivity contribution in [1.29, 1.82) is 0 Å². The minimum atomic E-state index is 0.123. The van der Waals surface area contributed by atoms with Crippen molar-refractivity contribution in [1.82, 2.24) is 9.97 Å². The number of nitrogens with two attached hydrogens (primary N) is 1. The SMILES string of the molecule is CSc1ccccc1Oc1nc(Cl)nc(C)c1N. The predicted octanol–water partition coefficient (Wildman–Crippen LogP) is 3.53. The minimum absolute atomic E-state index is 0.123. The maximum absolute atomic E-state index is 5.88. The van der Waals surface area contributed by atoms with Gasteiger partial charge >= 0.3 is 0 Å². The molecule has 1 aromatic carbocycles. The molecule has 2 aromatic rings. The number of halogens is 1. The molecule has 0 aliphatic rings. The Balaban J connectivity index is 2.40. The molecule has 0 fully saturated rings. The zero-order chi connectivity index (χ0) is 13.1. The molecule has 0 bridgehead atoms. The molecule has 2 N–H and O–H groups in total. The Morgan fingerprint density at radius 2 is 2.00 bits per heavy atom. The van der Waals surface area contributed by atoms with Crippen molar-refractivity contribution >= 4 is 29.1 Å². The fraction of sp³-hybridized carbons (Fsp3) is 0.167. The quantitative estimate of drug-likeness (QED) is 0.689. The van der Waals surface area contributed by atoms with Crippen LogP contribution in [0.2, 0.25) is 5.28 Å². The lowest BCUT2D eigenvalue weighted by Crippen LogP contribution is -2.01. The van der Waals surface area contributed by atoms with E-state index in [1.165, 1.54) is 0 Å². The molecule has 18 heavy (non-hydrogen) atoms. The van der Waals surface area contributed by atoms with Gasteiger partial charge in [-0.1, -0.05) is 12.1 Å². The highest BCUT2D eigenvalue weighted by Gasteiger charge is 2.11. The molecule has 0 saturated heterocycles. The standard InChI is InChI=1S/C12H12ClN3OS/c1-7-10(14)11(16-12(13)15-7)17-8-5-3-4-6-9(8)18-2/h3-6H,14H2,1-2H3. The van der Waals surface area contributed by atoms with E-state index in [4.69, 9.17) is 22.1 Å². The summed E-state index contributed by atoms with van der Waals surface area (Å²) in [4.78, 5) is 8.97. The number of anilines is 1. The predicted molar refractivity (Wildman–Crippen MR) is 74.5 cm³/mol. The summed E-state index contributed by atoms with van der Waals surface area (Å²) in [7, 11) is 0. The van der Waals surface area contributed by atoms with E-state index >= 15 is 0 Å². The van der Waals surface area contributed by atoms with Crippen LogP contribution in [0.1, 0.15) is 5.69 Å². The monoisotopic (exact) mass is 281 g/mol. The average molecular weight is 282 g/mol. The second kappa shape index (κ2) is 5.46. The van der Waals surface area contributed by atoms with Crippen LogP contribution < -0.4 is 10.5 Å². The van der Waals surface area contributed by atoms with Crippen molar-refractivity contribution in [2.75, 3.05) is 12.0 Å². The summed E-state index contributed by atoms with van der Waals surface area (Å²) in [5.41, 5.74) is 6.88. The molecule has 1 aromatic heterocycles. The van der Waals surface area contributed by atoms with E-state index in [1.54, 1.807) is 18.7 Å². The lowest BCUT2D eigenvalue weighted by atomic mass is 10.3. The number of rotatable bonds is 3. The van der Waals surface area contributed by atoms with Gasteiger partial charge in [0.1, 0.15) is 11.4 Å². The first-order valence-electron chi connectivity index (χ1n) is 5.22. The number of hydrogen-bond acceptors (Lipinski definition) is 5. The van der Waals surface area contributed by atoms with Gasteiger partial charge in [-0.05, 0) is 36.9 Å². The van der Waals surface area contributed by atoms with Crippen molar-refractivity contribution in [3.8, 4) is 11.6 Å². The lowest BCUT2D eigenvalue weighted by molar-refractivity contribution is 0.453. The Bertz CT molecular complexity index is 577. The Kier molecular flexibility index (Phi) is 3.93. The third-order valence-electron chi connectivity index (χ3n) is 2.35. The van der Waals surface area contributed by atoms with E-state index in [1.807, 2.05) is 30.5 Å². The van der Waals surface area contributed by atoms with Gasteiger partial charge < -0.3 is 10.5 Å². The maximum Gasteiger partial charge on any atom is 0.247 e. The molecule has 0 spiro atoms. The number of para-hydroxylation sites is 1. The molecule has 0 amide bonds. The van der Waals surface area contributed by atoms with Crippen LogP contribution in [0, 0.1) is 6.92 Å². The van der Waals surface area contributed by atoms with E-state index in [2.05, 4.69) is 9.97 Å². The summed E-state index contributed by atoms with van der Waals surface area (Å²) in [6, 6.07) is 7.66. The molecule has 4 nitrogen and oxygen atoms in total. The van der Waals surface area contributed by atoms with E-state index in [0.717, 1.165) is 4.90 Å². The fourth-order valence-corrected chi connectivity index (χ4v) is 2.14. The van der Waals surface area contributed by atoms with Crippen LogP contribution in [0.3, 0.4) is 0 Å². The van der Waals surface area contributed by atoms with Gasteiger partial charge in [-0.25, -0.2) is 4.98 Å². The highest BCUT2D eigenvalue weighted by Crippen LogP contribution is 2.33. The largest absolute Gasteiger partial charge is 0.436 e. The third kappa shape index (κ3) is 2.68. The first-order chi connectivity index (χ1) is 8.61. The first-order valence-corrected chi connectivity index (χ1v) is 6.82. The fourth-order valence-electron chi connectivity index (χ4n) is 1.41. The average Bonchev–Trinajstić information content (AvgIpc) is 2.36. The van der Waals surface area contributed by atoms with Gasteiger partial charge in [0.25, 0.3) is 0 Å². The summed E-state index contributed by atoms with van der Waals surface area (Å²) < 4.78 is 5.71. The molecule has 0 saturated carbocycles. The Morgan fingerprint density at radius 3 is 2.72 bits per heavy atom. The topological polar surface area (TPSA) is 61.0 Å². The summed E-state index contributed by atoms with van der Waals surface area (Å²) in [6.07, 6.45) is 1.98. The maximum atomic E-state index is 5.88. The zero-order valence-corrected chi connectivity index (χ0v) is 11.5. The van der Waals surface area contributed by atoms with E-state index in [9.17, 15) is 0 Å². The molecule has 6 heteroatoms. The van der Waals surface area contributed by atoms with Gasteiger partial charge in [0.05, 0.1) is 5.69 Å². The van der Waals surface area contributed by atoms with Gasteiger partial charge in [0.2, 0.25) is 11.2 Å². The third-order valence-corrected chi connectivity index (χ3v) is 3.30. The molecule has 0 radical (unpaired) electrons. The lowest BCUT2D eigenvalue weighted by Gasteiger charge is -2.11. The summed E-state index contributed by atoms with van der Waals surface area (Å²) in [6.45, 7) is 1.76. The molecular weight excluding hydrogens is 270 g/mol. The van der Waals surface area contributed by atoms with Crippen molar-refractivity contribution in [3.63, 3.8) is 0 Å². The summed E-state index contributed by atoms with van der Waals surface area (Å²) in [5, 5.41) is 0.123. The zero-order valence-electron chi connectivity index (χ0n) is 9.98. The first kappa shape index (κ1) is 13.0. The molecule has 0 unspecified atom stereocenters. The van der Waals surface area contributed by atoms with Crippen molar-refractivity contribution in [2.45, 2.75) is 11.8 Å². The van der Waals surface area contributed by atoms with Crippen LogP contribution >= 0.6 is 23.4 Å². The van der Waals surface area contributed by atoms with E-state index in [-0.39, 0.29) is 11.2 Å². The molecule has 94 valence electrons. The second-order valence-electron chi connectivity index (χ2n) is 3.55. The van der Waals surface area contributed by atoms with Gasteiger partial charge in [0.15, 0.2) is 0 Å². The van der Waals surface area contributed by atoms with Crippen molar-refractivity contribution in [2.24, 2.45) is 0 Å². The molecule has 0 atom stereocenters. The Morgan fingerprint density at radius 1 is 1.28 bits per heavy atom. The number of nitrogen functional groups attached to an aromatic ring is 1. The van der Waals surface area contributed by atoms with Crippen LogP contribution in [0.4, 0.5) is 5.69 Å². The number of aryl methyl sites for hydroxylation is 1. The van der Waals surface area contributed by atoms with Crippen LogP contribution in [0.15, 0.2) is 29.2 Å². The Labute approximate surface area is 115 Å². The second-order valence-corrected chi connectivity index (χ2v) is 4.74. The van der Waals surface area contributed by atoms with Gasteiger partial charge in [-0.2, -0.15) is 4.98 Å². The number of aromatic nitrogens is 2. The Hall–Kier alpha value is -1.46. The smallest absolute Gasteiger partial charge is 0.247 e. The number of benzene rings is 1. The van der Waals surface area contributed by atoms with Gasteiger partial charge in [-0.15, -0.1) is 11.8 Å². The van der Waals surface area contributed by atoms with Crippen LogP contribution in [-0.2, 0) is 0 Å². The van der Waals surface area contributed by atoms with Gasteiger partial charge in [-0.3, -0.25) is 0 Å². The van der Waals surface area contributed by atoms with Crippen LogP contribution in [0.5, 0.6) is 11.6 Å². The number of thioether (sulfide) groups is 1.